The fraction of sp³-hybridized carbons (Fsp3) is 0.333. The number of benzene rings is 1. The summed E-state index contributed by atoms with van der Waals surface area (Å²) in [6, 6.07) is 10.5. The average molecular weight is 259 g/mol. The third-order valence-electron chi connectivity index (χ3n) is 3.55. The average Bonchev–Trinajstić information content (AvgIpc) is 2.84. The van der Waals surface area contributed by atoms with Crippen molar-refractivity contribution >= 4 is 11.3 Å². The molecule has 2 heterocycles. The fourth-order valence-corrected chi connectivity index (χ4v) is 3.24. The number of thiophene rings is 1. The maximum atomic E-state index is 6.37. The van der Waals surface area contributed by atoms with Crippen LogP contribution in [0.4, 0.5) is 0 Å². The molecular weight excluding hydrogens is 242 g/mol. The largest absolute Gasteiger partial charge is 0.493 e. The minimum absolute atomic E-state index is 0.0725. The van der Waals surface area contributed by atoms with Gasteiger partial charge in [-0.05, 0) is 42.0 Å². The van der Waals surface area contributed by atoms with E-state index in [4.69, 9.17) is 10.5 Å². The molecule has 18 heavy (non-hydrogen) atoms. The summed E-state index contributed by atoms with van der Waals surface area (Å²) in [6.07, 6.45) is 1.01. The van der Waals surface area contributed by atoms with Crippen LogP contribution in [-0.2, 0) is 6.42 Å². The highest BCUT2D eigenvalue weighted by Gasteiger charge is 2.26. The lowest BCUT2D eigenvalue weighted by molar-refractivity contribution is 0.200. The molecule has 0 spiro atoms. The van der Waals surface area contributed by atoms with Crippen molar-refractivity contribution in [1.82, 2.24) is 0 Å². The Morgan fingerprint density at radius 2 is 2.22 bits per heavy atom. The summed E-state index contributed by atoms with van der Waals surface area (Å²) >= 11 is 1.76. The van der Waals surface area contributed by atoms with Crippen LogP contribution in [0.3, 0.4) is 0 Å². The number of para-hydroxylation sites is 1. The lowest BCUT2D eigenvalue weighted by Gasteiger charge is -2.29. The molecule has 1 aliphatic heterocycles. The third kappa shape index (κ3) is 2.16. The van der Waals surface area contributed by atoms with Gasteiger partial charge in [-0.1, -0.05) is 18.2 Å². The highest BCUT2D eigenvalue weighted by Crippen LogP contribution is 2.33. The lowest BCUT2D eigenvalue weighted by atomic mass is 9.88. The molecular formula is C15H17NOS. The molecule has 0 aliphatic carbocycles. The van der Waals surface area contributed by atoms with Crippen molar-refractivity contribution in [1.29, 1.82) is 0 Å². The molecule has 2 N–H and O–H groups in total. The monoisotopic (exact) mass is 259 g/mol. The van der Waals surface area contributed by atoms with Gasteiger partial charge >= 0.3 is 0 Å². The van der Waals surface area contributed by atoms with Crippen LogP contribution >= 0.6 is 11.3 Å². The van der Waals surface area contributed by atoms with E-state index in [1.807, 2.05) is 12.1 Å². The van der Waals surface area contributed by atoms with Gasteiger partial charge in [-0.3, -0.25) is 0 Å². The van der Waals surface area contributed by atoms with Crippen molar-refractivity contribution in [2.24, 2.45) is 11.7 Å². The summed E-state index contributed by atoms with van der Waals surface area (Å²) in [5.74, 6) is 1.39. The van der Waals surface area contributed by atoms with Gasteiger partial charge in [-0.2, -0.15) is 0 Å². The SMILES string of the molecule is Cc1cc(C(N)C2COc3ccccc3C2)cs1. The van der Waals surface area contributed by atoms with E-state index in [0.29, 0.717) is 12.5 Å². The van der Waals surface area contributed by atoms with E-state index in [1.54, 1.807) is 11.3 Å². The van der Waals surface area contributed by atoms with E-state index in [-0.39, 0.29) is 6.04 Å². The Labute approximate surface area is 111 Å². The van der Waals surface area contributed by atoms with Crippen molar-refractivity contribution in [2.75, 3.05) is 6.61 Å². The number of aryl methyl sites for hydroxylation is 1. The maximum absolute atomic E-state index is 6.37. The van der Waals surface area contributed by atoms with Crippen molar-refractivity contribution in [3.63, 3.8) is 0 Å². The van der Waals surface area contributed by atoms with E-state index in [0.717, 1.165) is 12.2 Å². The van der Waals surface area contributed by atoms with Crippen LogP contribution in [0.1, 0.15) is 22.0 Å². The minimum Gasteiger partial charge on any atom is -0.493 e. The first-order valence-electron chi connectivity index (χ1n) is 6.25. The van der Waals surface area contributed by atoms with Gasteiger partial charge in [0.1, 0.15) is 5.75 Å². The quantitative estimate of drug-likeness (QED) is 0.898. The van der Waals surface area contributed by atoms with Gasteiger partial charge < -0.3 is 10.5 Å². The first kappa shape index (κ1) is 11.8. The smallest absolute Gasteiger partial charge is 0.122 e. The number of ether oxygens (including phenoxy) is 1. The van der Waals surface area contributed by atoms with Crippen molar-refractivity contribution < 1.29 is 4.74 Å². The standard InChI is InChI=1S/C15H17NOS/c1-10-6-13(9-18-10)15(16)12-7-11-4-2-3-5-14(11)17-8-12/h2-6,9,12,15H,7-8,16H2,1H3. The van der Waals surface area contributed by atoms with Gasteiger partial charge in [0, 0.05) is 16.8 Å². The second kappa shape index (κ2) is 4.75. The molecule has 0 fully saturated rings. The summed E-state index contributed by atoms with van der Waals surface area (Å²) in [5.41, 5.74) is 8.88. The van der Waals surface area contributed by atoms with E-state index in [1.165, 1.54) is 16.0 Å². The molecule has 3 heteroatoms. The summed E-state index contributed by atoms with van der Waals surface area (Å²) in [7, 11) is 0. The zero-order valence-corrected chi connectivity index (χ0v) is 11.2. The lowest BCUT2D eigenvalue weighted by Crippen LogP contribution is -2.31. The van der Waals surface area contributed by atoms with Crippen LogP contribution in [-0.4, -0.2) is 6.61 Å². The number of fused-ring (bicyclic) bond motifs is 1. The Balaban J connectivity index is 1.79. The summed E-state index contributed by atoms with van der Waals surface area (Å²) in [5, 5.41) is 2.17. The Morgan fingerprint density at radius 3 is 3.00 bits per heavy atom. The molecule has 2 unspecified atom stereocenters. The summed E-state index contributed by atoms with van der Waals surface area (Å²) in [4.78, 5) is 1.32. The highest BCUT2D eigenvalue weighted by molar-refractivity contribution is 7.10. The Kier molecular flexibility index (Phi) is 3.10. The van der Waals surface area contributed by atoms with Crippen molar-refractivity contribution in [2.45, 2.75) is 19.4 Å². The zero-order valence-electron chi connectivity index (χ0n) is 10.4. The molecule has 1 aliphatic rings. The van der Waals surface area contributed by atoms with Crippen molar-refractivity contribution in [3.8, 4) is 5.75 Å². The normalized spacial score (nSPS) is 20.0. The fourth-order valence-electron chi connectivity index (χ4n) is 2.49. The Hall–Kier alpha value is -1.32. The molecule has 0 saturated heterocycles. The molecule has 1 aromatic heterocycles. The van der Waals surface area contributed by atoms with Crippen LogP contribution in [0.5, 0.6) is 5.75 Å². The Morgan fingerprint density at radius 1 is 1.39 bits per heavy atom. The second-order valence-electron chi connectivity index (χ2n) is 4.90. The number of hydrogen-bond acceptors (Lipinski definition) is 3. The van der Waals surface area contributed by atoms with Crippen LogP contribution in [0.25, 0.3) is 0 Å². The maximum Gasteiger partial charge on any atom is 0.122 e. The second-order valence-corrected chi connectivity index (χ2v) is 6.01. The molecule has 0 bridgehead atoms. The molecule has 2 aromatic rings. The highest BCUT2D eigenvalue weighted by atomic mass is 32.1. The zero-order chi connectivity index (χ0) is 12.5. The first-order valence-corrected chi connectivity index (χ1v) is 7.13. The molecule has 2 nitrogen and oxygen atoms in total. The molecule has 3 rings (SSSR count). The number of hydrogen-bond donors (Lipinski definition) is 1. The predicted octanol–water partition coefficient (Wildman–Crippen LogP) is 3.31. The van der Waals surface area contributed by atoms with Crippen LogP contribution in [0.2, 0.25) is 0 Å². The van der Waals surface area contributed by atoms with Gasteiger partial charge in [0.2, 0.25) is 0 Å². The van der Waals surface area contributed by atoms with Crippen molar-refractivity contribution in [3.05, 3.63) is 51.7 Å². The number of rotatable bonds is 2. The molecule has 0 amide bonds. The molecule has 0 radical (unpaired) electrons. The van der Waals surface area contributed by atoms with Gasteiger partial charge in [-0.15, -0.1) is 11.3 Å². The molecule has 2 atom stereocenters. The van der Waals surface area contributed by atoms with E-state index in [9.17, 15) is 0 Å². The topological polar surface area (TPSA) is 35.2 Å². The van der Waals surface area contributed by atoms with E-state index >= 15 is 0 Å². The summed E-state index contributed by atoms with van der Waals surface area (Å²) in [6.45, 7) is 2.83. The van der Waals surface area contributed by atoms with Crippen LogP contribution < -0.4 is 10.5 Å². The van der Waals surface area contributed by atoms with Crippen LogP contribution in [0, 0.1) is 12.8 Å². The van der Waals surface area contributed by atoms with E-state index in [2.05, 4.69) is 30.5 Å². The predicted molar refractivity (Wildman–Crippen MR) is 75.1 cm³/mol. The molecule has 1 aromatic carbocycles. The summed E-state index contributed by atoms with van der Waals surface area (Å²) < 4.78 is 5.81. The van der Waals surface area contributed by atoms with Gasteiger partial charge in [0.15, 0.2) is 0 Å². The van der Waals surface area contributed by atoms with Gasteiger partial charge in [0.05, 0.1) is 6.61 Å². The Bertz CT molecular complexity index is 549. The third-order valence-corrected chi connectivity index (χ3v) is 4.43. The van der Waals surface area contributed by atoms with Gasteiger partial charge in [-0.25, -0.2) is 0 Å². The van der Waals surface area contributed by atoms with Gasteiger partial charge in [0.25, 0.3) is 0 Å². The first-order chi connectivity index (χ1) is 8.74. The van der Waals surface area contributed by atoms with Crippen LogP contribution in [0.15, 0.2) is 35.7 Å². The minimum atomic E-state index is 0.0725. The molecule has 94 valence electrons. The van der Waals surface area contributed by atoms with E-state index < -0.39 is 0 Å². The number of nitrogens with two attached hydrogens (primary N) is 1. The molecule has 0 saturated carbocycles.